The van der Waals surface area contributed by atoms with E-state index >= 15 is 0 Å². The fourth-order valence-corrected chi connectivity index (χ4v) is 4.11. The predicted octanol–water partition coefficient (Wildman–Crippen LogP) is 6.39. The molecule has 0 spiro atoms. The smallest absolute Gasteiger partial charge is 0.171 e. The van der Waals surface area contributed by atoms with Gasteiger partial charge in [0.05, 0.1) is 12.1 Å². The van der Waals surface area contributed by atoms with E-state index < -0.39 is 0 Å². The molecule has 0 unspecified atom stereocenters. The molecule has 1 aliphatic carbocycles. The average molecular weight is 417 g/mol. The molecule has 1 saturated carbocycles. The second-order valence-electron chi connectivity index (χ2n) is 7.90. The average Bonchev–Trinajstić information content (AvgIpc) is 3.28. The topological polar surface area (TPSA) is 33.3 Å². The van der Waals surface area contributed by atoms with Crippen LogP contribution >= 0.6 is 12.2 Å². The van der Waals surface area contributed by atoms with Gasteiger partial charge in [-0.3, -0.25) is 0 Å². The van der Waals surface area contributed by atoms with Crippen molar-refractivity contribution in [3.63, 3.8) is 0 Å². The molecule has 154 valence electrons. The molecule has 3 aromatic carbocycles. The summed E-state index contributed by atoms with van der Waals surface area (Å²) in [5.74, 6) is 0.924. The second kappa shape index (κ2) is 9.77. The Morgan fingerprint density at radius 3 is 2.17 bits per heavy atom. The summed E-state index contributed by atoms with van der Waals surface area (Å²) in [5.41, 5.74) is 4.54. The number of nitrogens with one attached hydrogen (secondary N) is 2. The summed E-state index contributed by atoms with van der Waals surface area (Å²) >= 11 is 5.63. The minimum atomic E-state index is -0.0169. The summed E-state index contributed by atoms with van der Waals surface area (Å²) in [6.45, 7) is 2.10. The van der Waals surface area contributed by atoms with Crippen LogP contribution in [0.25, 0.3) is 0 Å². The van der Waals surface area contributed by atoms with E-state index in [1.54, 1.807) is 0 Å². The van der Waals surface area contributed by atoms with Gasteiger partial charge in [0.25, 0.3) is 0 Å². The van der Waals surface area contributed by atoms with Gasteiger partial charge >= 0.3 is 0 Å². The molecule has 1 fully saturated rings. The summed E-state index contributed by atoms with van der Waals surface area (Å²) in [7, 11) is 0. The monoisotopic (exact) mass is 416 g/mol. The van der Waals surface area contributed by atoms with Crippen molar-refractivity contribution in [2.24, 2.45) is 0 Å². The first-order chi connectivity index (χ1) is 14.7. The molecule has 4 heteroatoms. The number of benzene rings is 3. The van der Waals surface area contributed by atoms with Crippen molar-refractivity contribution in [2.75, 3.05) is 5.32 Å². The Hall–Kier alpha value is -2.85. The molecule has 0 aromatic heterocycles. The van der Waals surface area contributed by atoms with E-state index in [1.807, 2.05) is 30.3 Å². The van der Waals surface area contributed by atoms with Gasteiger partial charge < -0.3 is 15.4 Å². The number of anilines is 1. The van der Waals surface area contributed by atoms with Crippen LogP contribution in [-0.2, 0) is 0 Å². The van der Waals surface area contributed by atoms with Crippen LogP contribution < -0.4 is 15.4 Å². The number of aryl methyl sites for hydroxylation is 1. The lowest BCUT2D eigenvalue weighted by molar-refractivity contribution is 0.210. The van der Waals surface area contributed by atoms with Crippen LogP contribution in [0.2, 0.25) is 0 Å². The Kier molecular flexibility index (Phi) is 6.65. The minimum absolute atomic E-state index is 0.0169. The first-order valence-electron chi connectivity index (χ1n) is 10.6. The van der Waals surface area contributed by atoms with Crippen molar-refractivity contribution in [3.05, 3.63) is 95.6 Å². The van der Waals surface area contributed by atoms with Crippen LogP contribution in [0, 0.1) is 6.92 Å². The Bertz CT molecular complexity index is 949. The Balaban J connectivity index is 1.42. The van der Waals surface area contributed by atoms with Crippen molar-refractivity contribution in [1.29, 1.82) is 0 Å². The van der Waals surface area contributed by atoms with Crippen molar-refractivity contribution in [3.8, 4) is 5.75 Å². The molecule has 0 amide bonds. The third-order valence-corrected chi connectivity index (χ3v) is 5.76. The molecule has 3 aromatic rings. The van der Waals surface area contributed by atoms with E-state index in [2.05, 4.69) is 66.1 Å². The van der Waals surface area contributed by atoms with Gasteiger partial charge in [-0.2, -0.15) is 0 Å². The van der Waals surface area contributed by atoms with Gasteiger partial charge in [0.1, 0.15) is 5.75 Å². The molecule has 0 heterocycles. The van der Waals surface area contributed by atoms with E-state index in [-0.39, 0.29) is 6.04 Å². The first kappa shape index (κ1) is 20.4. The molecule has 4 rings (SSSR count). The highest BCUT2D eigenvalue weighted by atomic mass is 32.1. The van der Waals surface area contributed by atoms with Gasteiger partial charge in [-0.1, -0.05) is 60.2 Å². The predicted molar refractivity (Wildman–Crippen MR) is 128 cm³/mol. The van der Waals surface area contributed by atoms with E-state index in [0.717, 1.165) is 24.3 Å². The lowest BCUT2D eigenvalue weighted by Gasteiger charge is -2.22. The lowest BCUT2D eigenvalue weighted by atomic mass is 9.98. The van der Waals surface area contributed by atoms with Crippen molar-refractivity contribution >= 4 is 23.0 Å². The summed E-state index contributed by atoms with van der Waals surface area (Å²) in [6.07, 6.45) is 5.23. The van der Waals surface area contributed by atoms with Gasteiger partial charge in [-0.25, -0.2) is 0 Å². The summed E-state index contributed by atoms with van der Waals surface area (Å²) < 4.78 is 6.05. The summed E-state index contributed by atoms with van der Waals surface area (Å²) in [5, 5.41) is 7.38. The van der Waals surface area contributed by atoms with Crippen molar-refractivity contribution in [1.82, 2.24) is 5.32 Å². The molecular weight excluding hydrogens is 388 g/mol. The molecule has 1 aliphatic rings. The standard InChI is InChI=1S/C26H28N2OS/c1-19-11-13-21(14-12-19)25(20-7-3-2-4-8-20)28-26(30)27-22-15-17-24(18-16-22)29-23-9-5-6-10-23/h2-4,7-8,11-18,23,25H,5-6,9-10H2,1H3,(H2,27,28,30)/t25-/m1/s1. The van der Waals surface area contributed by atoms with E-state index in [0.29, 0.717) is 11.2 Å². The Morgan fingerprint density at radius 2 is 1.50 bits per heavy atom. The fraction of sp³-hybridized carbons (Fsp3) is 0.269. The van der Waals surface area contributed by atoms with E-state index in [1.165, 1.54) is 29.5 Å². The maximum Gasteiger partial charge on any atom is 0.171 e. The van der Waals surface area contributed by atoms with Crippen molar-refractivity contribution in [2.45, 2.75) is 44.8 Å². The number of ether oxygens (including phenoxy) is 1. The molecule has 2 N–H and O–H groups in total. The maximum absolute atomic E-state index is 6.05. The Labute approximate surface area is 184 Å². The number of thiocarbonyl (C=S) groups is 1. The summed E-state index contributed by atoms with van der Waals surface area (Å²) in [4.78, 5) is 0. The van der Waals surface area contributed by atoms with Gasteiger partial charge in [0.2, 0.25) is 0 Å². The van der Waals surface area contributed by atoms with Crippen molar-refractivity contribution < 1.29 is 4.74 Å². The molecule has 30 heavy (non-hydrogen) atoms. The zero-order chi connectivity index (χ0) is 20.8. The van der Waals surface area contributed by atoms with Crippen LogP contribution in [0.1, 0.15) is 48.4 Å². The van der Waals surface area contributed by atoms with E-state index in [4.69, 9.17) is 17.0 Å². The molecular formula is C26H28N2OS. The number of hydrogen-bond acceptors (Lipinski definition) is 2. The molecule has 3 nitrogen and oxygen atoms in total. The lowest BCUT2D eigenvalue weighted by Crippen LogP contribution is -2.33. The maximum atomic E-state index is 6.05. The third-order valence-electron chi connectivity index (χ3n) is 5.54. The normalized spacial score (nSPS) is 14.8. The molecule has 0 bridgehead atoms. The first-order valence-corrected chi connectivity index (χ1v) is 11.0. The largest absolute Gasteiger partial charge is 0.490 e. The van der Waals surface area contributed by atoms with E-state index in [9.17, 15) is 0 Å². The van der Waals surface area contributed by atoms with Crippen LogP contribution in [-0.4, -0.2) is 11.2 Å². The zero-order valence-corrected chi connectivity index (χ0v) is 18.1. The van der Waals surface area contributed by atoms with Gasteiger partial charge in [0, 0.05) is 5.69 Å². The molecule has 0 radical (unpaired) electrons. The van der Waals surface area contributed by atoms with Gasteiger partial charge in [0.15, 0.2) is 5.11 Å². The van der Waals surface area contributed by atoms with Gasteiger partial charge in [-0.05, 0) is 80.2 Å². The number of hydrogen-bond donors (Lipinski definition) is 2. The SMILES string of the molecule is Cc1ccc([C@H](NC(=S)Nc2ccc(OC3CCCC3)cc2)c2ccccc2)cc1. The second-order valence-corrected chi connectivity index (χ2v) is 8.31. The van der Waals surface area contributed by atoms with Gasteiger partial charge in [-0.15, -0.1) is 0 Å². The highest BCUT2D eigenvalue weighted by Crippen LogP contribution is 2.26. The quantitative estimate of drug-likeness (QED) is 0.456. The minimum Gasteiger partial charge on any atom is -0.490 e. The molecule has 0 saturated heterocycles. The highest BCUT2D eigenvalue weighted by Gasteiger charge is 2.17. The fourth-order valence-electron chi connectivity index (χ4n) is 3.88. The van der Waals surface area contributed by atoms with Crippen LogP contribution in [0.3, 0.4) is 0 Å². The summed E-state index contributed by atoms with van der Waals surface area (Å²) in [6, 6.07) is 27.0. The highest BCUT2D eigenvalue weighted by molar-refractivity contribution is 7.80. The molecule has 0 aliphatic heterocycles. The van der Waals surface area contributed by atoms with Crippen LogP contribution in [0.15, 0.2) is 78.9 Å². The number of rotatable bonds is 6. The third kappa shape index (κ3) is 5.39. The zero-order valence-electron chi connectivity index (χ0n) is 17.3. The Morgan fingerprint density at radius 1 is 0.867 bits per heavy atom. The molecule has 1 atom stereocenters. The van der Waals surface area contributed by atoms with Crippen LogP contribution in [0.5, 0.6) is 5.75 Å². The van der Waals surface area contributed by atoms with Crippen LogP contribution in [0.4, 0.5) is 5.69 Å².